The van der Waals surface area contributed by atoms with Gasteiger partial charge in [0, 0.05) is 22.2 Å². The van der Waals surface area contributed by atoms with E-state index in [1.54, 1.807) is 78.1 Å². The van der Waals surface area contributed by atoms with E-state index in [1.807, 2.05) is 18.4 Å². The first kappa shape index (κ1) is 23.3. The van der Waals surface area contributed by atoms with Gasteiger partial charge in [-0.2, -0.15) is 0 Å². The number of aromatic nitrogens is 1. The molecule has 0 radical (unpaired) electrons. The molecule has 0 saturated carbocycles. The van der Waals surface area contributed by atoms with Crippen LogP contribution in [0.15, 0.2) is 78.2 Å². The summed E-state index contributed by atoms with van der Waals surface area (Å²) < 4.78 is 5.77. The number of carbonyl (C=O) groups is 3. The zero-order valence-corrected chi connectivity index (χ0v) is 20.2. The van der Waals surface area contributed by atoms with Crippen LogP contribution < -0.4 is 20.3 Å². The third kappa shape index (κ3) is 5.11. The van der Waals surface area contributed by atoms with Gasteiger partial charge < -0.3 is 15.4 Å². The molecule has 1 aliphatic rings. The topological polar surface area (TPSA) is 101 Å². The van der Waals surface area contributed by atoms with Crippen molar-refractivity contribution in [3.8, 4) is 5.75 Å². The average molecular weight is 499 g/mol. The summed E-state index contributed by atoms with van der Waals surface area (Å²) in [6.07, 6.45) is 0. The molecule has 0 bridgehead atoms. The molecule has 2 N–H and O–H groups in total. The van der Waals surface area contributed by atoms with Crippen LogP contribution in [0.2, 0.25) is 0 Å². The fourth-order valence-corrected chi connectivity index (χ4v) is 4.43. The first-order chi connectivity index (χ1) is 17.5. The largest absolute Gasteiger partial charge is 0.487 e. The number of aryl methyl sites for hydroxylation is 1. The lowest BCUT2D eigenvalue weighted by atomic mass is 10.1. The third-order valence-electron chi connectivity index (χ3n) is 5.56. The average Bonchev–Trinajstić information content (AvgIpc) is 3.32. The number of amides is 3. The summed E-state index contributed by atoms with van der Waals surface area (Å²) >= 11 is 1.56. The van der Waals surface area contributed by atoms with Crippen LogP contribution in [-0.4, -0.2) is 29.3 Å². The van der Waals surface area contributed by atoms with Gasteiger partial charge in [0.25, 0.3) is 11.8 Å². The Morgan fingerprint density at radius 2 is 1.86 bits per heavy atom. The van der Waals surface area contributed by atoms with Gasteiger partial charge in [-0.15, -0.1) is 11.3 Å². The second kappa shape index (κ2) is 10.0. The molecule has 0 fully saturated rings. The summed E-state index contributed by atoms with van der Waals surface area (Å²) in [6.45, 7) is 2.20. The number of nitrogens with one attached hydrogen (secondary N) is 2. The number of ether oxygens (including phenoxy) is 1. The molecule has 5 rings (SSSR count). The van der Waals surface area contributed by atoms with E-state index >= 15 is 0 Å². The Morgan fingerprint density at radius 3 is 2.64 bits per heavy atom. The molecule has 3 aromatic carbocycles. The molecule has 4 aromatic rings. The maximum Gasteiger partial charge on any atom is 0.258 e. The van der Waals surface area contributed by atoms with E-state index in [4.69, 9.17) is 4.74 Å². The Morgan fingerprint density at radius 1 is 1.06 bits per heavy atom. The zero-order valence-electron chi connectivity index (χ0n) is 19.4. The van der Waals surface area contributed by atoms with Crippen molar-refractivity contribution in [2.45, 2.75) is 13.5 Å². The van der Waals surface area contributed by atoms with E-state index in [0.717, 1.165) is 10.7 Å². The van der Waals surface area contributed by atoms with Crippen LogP contribution in [-0.2, 0) is 11.4 Å². The van der Waals surface area contributed by atoms with Crippen molar-refractivity contribution in [1.29, 1.82) is 0 Å². The number of hydrogen-bond donors (Lipinski definition) is 2. The predicted octanol–water partition coefficient (Wildman–Crippen LogP) is 4.88. The fraction of sp³-hybridized carbons (Fsp3) is 0.111. The quantitative estimate of drug-likeness (QED) is 0.395. The van der Waals surface area contributed by atoms with Crippen molar-refractivity contribution in [1.82, 2.24) is 4.98 Å². The number of nitrogens with zero attached hydrogens (tertiary/aromatic N) is 2. The van der Waals surface area contributed by atoms with Crippen LogP contribution in [0.3, 0.4) is 0 Å². The van der Waals surface area contributed by atoms with Crippen LogP contribution in [0.4, 0.5) is 17.1 Å². The van der Waals surface area contributed by atoms with E-state index in [0.29, 0.717) is 40.5 Å². The van der Waals surface area contributed by atoms with Crippen LogP contribution in [0, 0.1) is 6.92 Å². The standard InChI is InChI=1S/C27H22N4O4S/c1-17-28-21(16-36-17)15-35-22-6-4-5-19(13-22)26(33)29-20-11-9-18(10-12-20)27(34)31-14-25(32)30-23-7-2-3-8-24(23)31/h2-13,16H,14-15H2,1H3,(H,29,33)(H,30,32). The van der Waals surface area contributed by atoms with Gasteiger partial charge in [-0.3, -0.25) is 19.3 Å². The minimum Gasteiger partial charge on any atom is -0.487 e. The first-order valence-corrected chi connectivity index (χ1v) is 12.1. The molecule has 8 nitrogen and oxygen atoms in total. The number of benzene rings is 3. The SMILES string of the molecule is Cc1nc(COc2cccc(C(=O)Nc3ccc(C(=O)N4CC(=O)Nc5ccccc54)cc3)c2)cs1. The lowest BCUT2D eigenvalue weighted by Gasteiger charge is -2.29. The highest BCUT2D eigenvalue weighted by molar-refractivity contribution is 7.09. The van der Waals surface area contributed by atoms with Gasteiger partial charge in [0.15, 0.2) is 0 Å². The summed E-state index contributed by atoms with van der Waals surface area (Å²) in [5.41, 5.74) is 3.47. The normalized spacial score (nSPS) is 12.5. The highest BCUT2D eigenvalue weighted by Gasteiger charge is 2.27. The number of thiazole rings is 1. The van der Waals surface area contributed by atoms with Gasteiger partial charge in [0.05, 0.1) is 22.1 Å². The Bertz CT molecular complexity index is 1450. The van der Waals surface area contributed by atoms with Crippen LogP contribution >= 0.6 is 11.3 Å². The molecule has 1 aromatic heterocycles. The highest BCUT2D eigenvalue weighted by atomic mass is 32.1. The van der Waals surface area contributed by atoms with E-state index in [-0.39, 0.29) is 24.3 Å². The lowest BCUT2D eigenvalue weighted by Crippen LogP contribution is -2.42. The monoisotopic (exact) mass is 498 g/mol. The maximum atomic E-state index is 13.1. The molecule has 9 heteroatoms. The minimum absolute atomic E-state index is 0.0607. The Balaban J connectivity index is 1.24. The predicted molar refractivity (Wildman–Crippen MR) is 139 cm³/mol. The Labute approximate surface area is 211 Å². The van der Waals surface area contributed by atoms with Gasteiger partial charge in [-0.1, -0.05) is 18.2 Å². The number of anilines is 3. The van der Waals surface area contributed by atoms with Crippen molar-refractivity contribution in [2.24, 2.45) is 0 Å². The lowest BCUT2D eigenvalue weighted by molar-refractivity contribution is -0.115. The van der Waals surface area contributed by atoms with Gasteiger partial charge in [-0.25, -0.2) is 4.98 Å². The molecule has 0 aliphatic carbocycles. The smallest absolute Gasteiger partial charge is 0.258 e. The Kier molecular flexibility index (Phi) is 6.46. The summed E-state index contributed by atoms with van der Waals surface area (Å²) in [5.74, 6) is -0.278. The molecule has 0 atom stereocenters. The number of fused-ring (bicyclic) bond motifs is 1. The molecule has 0 saturated heterocycles. The number of hydrogen-bond acceptors (Lipinski definition) is 6. The number of rotatable bonds is 6. The van der Waals surface area contributed by atoms with Gasteiger partial charge in [0.2, 0.25) is 5.91 Å². The van der Waals surface area contributed by atoms with Crippen LogP contribution in [0.5, 0.6) is 5.75 Å². The van der Waals surface area contributed by atoms with Gasteiger partial charge >= 0.3 is 0 Å². The van der Waals surface area contributed by atoms with Crippen molar-refractivity contribution >= 4 is 46.1 Å². The van der Waals surface area contributed by atoms with Gasteiger partial charge in [0.1, 0.15) is 18.9 Å². The molecule has 2 heterocycles. The second-order valence-electron chi connectivity index (χ2n) is 8.16. The van der Waals surface area contributed by atoms with Gasteiger partial charge in [-0.05, 0) is 61.5 Å². The number of para-hydroxylation sites is 2. The summed E-state index contributed by atoms with van der Waals surface area (Å²) in [4.78, 5) is 43.8. The third-order valence-corrected chi connectivity index (χ3v) is 6.38. The Hall–Kier alpha value is -4.50. The molecule has 0 unspecified atom stereocenters. The fourth-order valence-electron chi connectivity index (χ4n) is 3.83. The van der Waals surface area contributed by atoms with E-state index < -0.39 is 0 Å². The summed E-state index contributed by atoms with van der Waals surface area (Å²) in [7, 11) is 0. The van der Waals surface area contributed by atoms with Crippen molar-refractivity contribution < 1.29 is 19.1 Å². The summed E-state index contributed by atoms with van der Waals surface area (Å²) in [5, 5.41) is 8.52. The molecular weight excluding hydrogens is 476 g/mol. The van der Waals surface area contributed by atoms with Crippen LogP contribution in [0.1, 0.15) is 31.4 Å². The first-order valence-electron chi connectivity index (χ1n) is 11.2. The van der Waals surface area contributed by atoms with Crippen molar-refractivity contribution in [3.63, 3.8) is 0 Å². The number of carbonyl (C=O) groups excluding carboxylic acids is 3. The van der Waals surface area contributed by atoms with E-state index in [1.165, 1.54) is 4.90 Å². The molecule has 36 heavy (non-hydrogen) atoms. The molecule has 1 aliphatic heterocycles. The maximum absolute atomic E-state index is 13.1. The molecule has 180 valence electrons. The van der Waals surface area contributed by atoms with Crippen molar-refractivity contribution in [2.75, 3.05) is 22.1 Å². The van der Waals surface area contributed by atoms with E-state index in [9.17, 15) is 14.4 Å². The zero-order chi connectivity index (χ0) is 25.1. The molecule has 0 spiro atoms. The van der Waals surface area contributed by atoms with E-state index in [2.05, 4.69) is 15.6 Å². The minimum atomic E-state index is -0.300. The second-order valence-corrected chi connectivity index (χ2v) is 9.22. The summed E-state index contributed by atoms with van der Waals surface area (Å²) in [6, 6.07) is 20.6. The van der Waals surface area contributed by atoms with Crippen LogP contribution in [0.25, 0.3) is 0 Å². The molecular formula is C27H22N4O4S. The molecule has 3 amide bonds. The highest BCUT2D eigenvalue weighted by Crippen LogP contribution is 2.30. The van der Waals surface area contributed by atoms with Crippen molar-refractivity contribution in [3.05, 3.63) is 100 Å².